The number of pyridine rings is 2. The maximum Gasteiger partial charge on any atom is 0.338 e. The number of hydrogen-bond donors (Lipinski definition) is 4. The Balaban J connectivity index is 0.000000201. The van der Waals surface area contributed by atoms with Gasteiger partial charge in [0.1, 0.15) is 11.5 Å². The zero-order valence-electron chi connectivity index (χ0n) is 29.8. The van der Waals surface area contributed by atoms with E-state index < -0.39 is 11.9 Å². The molecule has 0 aliphatic rings. The summed E-state index contributed by atoms with van der Waals surface area (Å²) in [4.78, 5) is 32.1. The van der Waals surface area contributed by atoms with Crippen LogP contribution in [0.5, 0.6) is 11.5 Å². The molecule has 52 heavy (non-hydrogen) atoms. The Morgan fingerprint density at radius 1 is 0.577 bits per heavy atom. The zero-order valence-corrected chi connectivity index (χ0v) is 29.8. The van der Waals surface area contributed by atoms with Crippen molar-refractivity contribution in [3.05, 3.63) is 143 Å². The lowest BCUT2D eigenvalue weighted by Gasteiger charge is -2.13. The van der Waals surface area contributed by atoms with Crippen LogP contribution in [0.25, 0.3) is 22.5 Å². The highest BCUT2D eigenvalue weighted by Crippen LogP contribution is 2.30. The normalized spacial score (nSPS) is 10.4. The summed E-state index contributed by atoms with van der Waals surface area (Å²) in [5, 5.41) is 25.2. The molecule has 0 unspecified atom stereocenters. The van der Waals surface area contributed by atoms with E-state index >= 15 is 0 Å². The van der Waals surface area contributed by atoms with Gasteiger partial charge < -0.3 is 30.3 Å². The lowest BCUT2D eigenvalue weighted by molar-refractivity contribution is 0.0686. The van der Waals surface area contributed by atoms with Gasteiger partial charge in [-0.05, 0) is 99.0 Å². The Morgan fingerprint density at radius 2 is 1.10 bits per heavy atom. The predicted octanol–water partition coefficient (Wildman–Crippen LogP) is 9.63. The summed E-state index contributed by atoms with van der Waals surface area (Å²) >= 11 is 0. The summed E-state index contributed by atoms with van der Waals surface area (Å²) in [5.74, 6) is -0.370. The molecular weight excluding hydrogens is 656 g/mol. The van der Waals surface area contributed by atoms with Crippen LogP contribution in [0.15, 0.2) is 109 Å². The van der Waals surface area contributed by atoms with Gasteiger partial charge in [-0.2, -0.15) is 0 Å². The maximum atomic E-state index is 11.5. The molecule has 0 saturated carbocycles. The molecule has 0 atom stereocenters. The summed E-state index contributed by atoms with van der Waals surface area (Å²) in [5.41, 5.74) is 10.3. The number of hydrogen-bond acceptors (Lipinski definition) is 8. The zero-order chi connectivity index (χ0) is 37.4. The van der Waals surface area contributed by atoms with Gasteiger partial charge in [-0.15, -0.1) is 0 Å². The van der Waals surface area contributed by atoms with Crippen molar-refractivity contribution in [2.75, 3.05) is 24.9 Å². The molecule has 10 nitrogen and oxygen atoms in total. The van der Waals surface area contributed by atoms with Gasteiger partial charge in [-0.1, -0.05) is 48.0 Å². The number of benzene rings is 4. The second kappa shape index (κ2) is 16.4. The number of rotatable bonds is 10. The number of nitrogens with one attached hydrogen (secondary N) is 2. The molecular formula is C42H40N4O6. The topological polar surface area (TPSA) is 143 Å². The number of aromatic nitrogens is 2. The van der Waals surface area contributed by atoms with Crippen molar-refractivity contribution in [3.63, 3.8) is 0 Å². The molecule has 2 aromatic heterocycles. The van der Waals surface area contributed by atoms with E-state index in [0.29, 0.717) is 16.9 Å². The highest BCUT2D eigenvalue weighted by atomic mass is 16.5. The second-order valence-corrected chi connectivity index (χ2v) is 12.1. The average molecular weight is 697 g/mol. The third-order valence-corrected chi connectivity index (χ3v) is 8.29. The molecule has 0 bridgehead atoms. The largest absolute Gasteiger partial charge is 0.497 e. The monoisotopic (exact) mass is 696 g/mol. The SMILES string of the molecule is COc1cccc(-c2ncc(Nc3ccc(C)cc3C(=O)O)cc2C)c1.COc1cccc(-c2ncc(Nc3cccc(C)c3C(=O)O)cc2C)c1. The number of carbonyl (C=O) groups is 2. The molecule has 10 heteroatoms. The van der Waals surface area contributed by atoms with E-state index in [1.807, 2.05) is 93.6 Å². The van der Waals surface area contributed by atoms with Gasteiger partial charge in [0.15, 0.2) is 0 Å². The number of ether oxygens (including phenoxy) is 2. The van der Waals surface area contributed by atoms with E-state index in [-0.39, 0.29) is 11.1 Å². The molecule has 0 amide bonds. The van der Waals surface area contributed by atoms with Crippen LogP contribution in [0.3, 0.4) is 0 Å². The molecule has 0 fully saturated rings. The highest BCUT2D eigenvalue weighted by Gasteiger charge is 2.15. The summed E-state index contributed by atoms with van der Waals surface area (Å²) in [6, 6.07) is 30.0. The number of aryl methyl sites for hydroxylation is 4. The fourth-order valence-electron chi connectivity index (χ4n) is 5.74. The lowest BCUT2D eigenvalue weighted by Crippen LogP contribution is -2.05. The molecule has 0 aliphatic heterocycles. The van der Waals surface area contributed by atoms with Crippen LogP contribution in [-0.2, 0) is 0 Å². The standard InChI is InChI=1S/2C21H20N2O3/c1-13-6-4-9-18(19(13)21(24)25)23-16-10-14(2)20(22-12-16)15-7-5-8-17(11-15)26-3;1-13-7-8-19(18(9-13)21(24)25)23-16-10-14(2)20(22-12-16)15-5-4-6-17(11-15)26-3/h2*4-12,23H,1-3H3,(H,24,25). The van der Waals surface area contributed by atoms with Gasteiger partial charge in [-0.3, -0.25) is 9.97 Å². The second-order valence-electron chi connectivity index (χ2n) is 12.1. The fourth-order valence-corrected chi connectivity index (χ4v) is 5.74. The van der Waals surface area contributed by atoms with Crippen molar-refractivity contribution in [2.45, 2.75) is 27.7 Å². The van der Waals surface area contributed by atoms with Crippen LogP contribution >= 0.6 is 0 Å². The van der Waals surface area contributed by atoms with Crippen LogP contribution in [-0.4, -0.2) is 46.3 Å². The Morgan fingerprint density at radius 3 is 1.58 bits per heavy atom. The van der Waals surface area contributed by atoms with Crippen LogP contribution in [0.4, 0.5) is 22.7 Å². The summed E-state index contributed by atoms with van der Waals surface area (Å²) in [7, 11) is 3.27. The van der Waals surface area contributed by atoms with Crippen molar-refractivity contribution >= 4 is 34.7 Å². The minimum absolute atomic E-state index is 0.236. The number of methoxy groups -OCH3 is 2. The van der Waals surface area contributed by atoms with Gasteiger partial charge >= 0.3 is 11.9 Å². The first kappa shape index (κ1) is 36.6. The molecule has 6 aromatic rings. The smallest absolute Gasteiger partial charge is 0.338 e. The first-order valence-electron chi connectivity index (χ1n) is 16.4. The number of aromatic carboxylic acids is 2. The van der Waals surface area contributed by atoms with Crippen LogP contribution in [0.1, 0.15) is 43.0 Å². The third-order valence-electron chi connectivity index (χ3n) is 8.29. The molecule has 4 aromatic carbocycles. The fraction of sp³-hybridized carbons (Fsp3) is 0.143. The summed E-state index contributed by atoms with van der Waals surface area (Å²) in [6.45, 7) is 7.59. The molecule has 0 saturated heterocycles. The Kier molecular flexibility index (Phi) is 11.5. The average Bonchev–Trinajstić information content (AvgIpc) is 3.12. The highest BCUT2D eigenvalue weighted by molar-refractivity contribution is 5.97. The van der Waals surface area contributed by atoms with Gasteiger partial charge in [0.25, 0.3) is 0 Å². The quantitative estimate of drug-likeness (QED) is 0.109. The number of carboxylic acids is 2. The van der Waals surface area contributed by atoms with Crippen molar-refractivity contribution in [1.29, 1.82) is 0 Å². The van der Waals surface area contributed by atoms with Gasteiger partial charge in [0.2, 0.25) is 0 Å². The van der Waals surface area contributed by atoms with E-state index in [1.54, 1.807) is 57.8 Å². The predicted molar refractivity (Wildman–Crippen MR) is 205 cm³/mol. The Labute approximate surface area is 302 Å². The van der Waals surface area contributed by atoms with Crippen LogP contribution in [0, 0.1) is 27.7 Å². The Bertz CT molecular complexity index is 2250. The van der Waals surface area contributed by atoms with E-state index in [1.165, 1.54) is 0 Å². The van der Waals surface area contributed by atoms with E-state index in [9.17, 15) is 19.8 Å². The third kappa shape index (κ3) is 8.72. The lowest BCUT2D eigenvalue weighted by atomic mass is 10.0. The van der Waals surface area contributed by atoms with E-state index in [4.69, 9.17) is 9.47 Å². The van der Waals surface area contributed by atoms with Gasteiger partial charge in [0, 0.05) is 11.1 Å². The minimum atomic E-state index is -0.964. The molecule has 6 rings (SSSR count). The first-order valence-corrected chi connectivity index (χ1v) is 16.4. The van der Waals surface area contributed by atoms with Gasteiger partial charge in [0.05, 0.1) is 71.9 Å². The molecule has 0 radical (unpaired) electrons. The number of carboxylic acid groups (broad SMARTS) is 2. The molecule has 0 spiro atoms. The van der Waals surface area contributed by atoms with Crippen LogP contribution in [0.2, 0.25) is 0 Å². The van der Waals surface area contributed by atoms with E-state index in [2.05, 4.69) is 20.6 Å². The molecule has 0 aliphatic carbocycles. The summed E-state index contributed by atoms with van der Waals surface area (Å²) < 4.78 is 10.5. The molecule has 4 N–H and O–H groups in total. The Hall–Kier alpha value is -6.68. The van der Waals surface area contributed by atoms with Gasteiger partial charge in [-0.25, -0.2) is 9.59 Å². The number of nitrogens with zero attached hydrogens (tertiary/aromatic N) is 2. The van der Waals surface area contributed by atoms with Crippen molar-refractivity contribution in [1.82, 2.24) is 9.97 Å². The number of anilines is 4. The van der Waals surface area contributed by atoms with E-state index in [0.717, 1.165) is 62.1 Å². The molecule has 2 heterocycles. The maximum absolute atomic E-state index is 11.5. The van der Waals surface area contributed by atoms with Crippen LogP contribution < -0.4 is 20.1 Å². The summed E-state index contributed by atoms with van der Waals surface area (Å²) in [6.07, 6.45) is 3.41. The van der Waals surface area contributed by atoms with Crippen molar-refractivity contribution in [3.8, 4) is 34.0 Å². The first-order chi connectivity index (χ1) is 25.0. The van der Waals surface area contributed by atoms with Crippen molar-refractivity contribution < 1.29 is 29.3 Å². The minimum Gasteiger partial charge on any atom is -0.497 e. The van der Waals surface area contributed by atoms with Crippen molar-refractivity contribution in [2.24, 2.45) is 0 Å². The molecule has 264 valence electrons.